The van der Waals surface area contributed by atoms with Gasteiger partial charge in [0.1, 0.15) is 0 Å². The zero-order chi connectivity index (χ0) is 18.7. The van der Waals surface area contributed by atoms with Crippen LogP contribution in [0.4, 0.5) is 0 Å². The predicted octanol–water partition coefficient (Wildman–Crippen LogP) is 1.83. The van der Waals surface area contributed by atoms with Gasteiger partial charge in [0, 0.05) is 6.54 Å². The van der Waals surface area contributed by atoms with Crippen LogP contribution in [0.2, 0.25) is 0 Å². The van der Waals surface area contributed by atoms with E-state index in [0.29, 0.717) is 16.7 Å². The molecule has 0 fully saturated rings. The average molecular weight is 383 g/mol. The lowest BCUT2D eigenvalue weighted by molar-refractivity contribution is 0.580. The van der Waals surface area contributed by atoms with E-state index in [1.54, 1.807) is 43.3 Å². The third-order valence-corrected chi connectivity index (χ3v) is 6.64. The highest BCUT2D eigenvalue weighted by Crippen LogP contribution is 2.17. The SMILES string of the molecule is CNS(=O)(=O)Cc1cccc(CNS(=O)(=O)c2ccc(C)cc2C)c1. The Morgan fingerprint density at radius 3 is 2.24 bits per heavy atom. The van der Waals surface area contributed by atoms with Gasteiger partial charge in [-0.2, -0.15) is 0 Å². The minimum absolute atomic E-state index is 0.0864. The molecule has 0 atom stereocenters. The fourth-order valence-electron chi connectivity index (χ4n) is 2.48. The molecule has 136 valence electrons. The van der Waals surface area contributed by atoms with Gasteiger partial charge in [-0.05, 0) is 43.7 Å². The Kier molecular flexibility index (Phi) is 5.99. The minimum atomic E-state index is -3.64. The molecule has 0 aliphatic rings. The minimum Gasteiger partial charge on any atom is -0.218 e. The number of hydrogen-bond donors (Lipinski definition) is 2. The van der Waals surface area contributed by atoms with Gasteiger partial charge in [-0.25, -0.2) is 26.3 Å². The van der Waals surface area contributed by atoms with Crippen LogP contribution in [-0.4, -0.2) is 23.9 Å². The summed E-state index contributed by atoms with van der Waals surface area (Å²) in [5.74, 6) is -0.152. The Morgan fingerprint density at radius 1 is 0.920 bits per heavy atom. The third kappa shape index (κ3) is 5.37. The number of aryl methyl sites for hydroxylation is 2. The van der Waals surface area contributed by atoms with Gasteiger partial charge in [0.25, 0.3) is 0 Å². The van der Waals surface area contributed by atoms with E-state index in [2.05, 4.69) is 9.44 Å². The number of benzene rings is 2. The number of sulfonamides is 2. The molecular weight excluding hydrogens is 360 g/mol. The first kappa shape index (κ1) is 19.6. The van der Waals surface area contributed by atoms with Crippen molar-refractivity contribution in [1.29, 1.82) is 0 Å². The molecule has 0 bridgehead atoms. The third-order valence-electron chi connectivity index (χ3n) is 3.75. The Labute approximate surface area is 149 Å². The van der Waals surface area contributed by atoms with Crippen LogP contribution in [0.25, 0.3) is 0 Å². The molecule has 0 aliphatic carbocycles. The van der Waals surface area contributed by atoms with E-state index in [1.165, 1.54) is 7.05 Å². The van der Waals surface area contributed by atoms with Gasteiger partial charge < -0.3 is 0 Å². The van der Waals surface area contributed by atoms with E-state index in [9.17, 15) is 16.8 Å². The fraction of sp³-hybridized carbons (Fsp3) is 0.294. The summed E-state index contributed by atoms with van der Waals surface area (Å²) in [4.78, 5) is 0.243. The molecule has 0 unspecified atom stereocenters. The van der Waals surface area contributed by atoms with E-state index >= 15 is 0 Å². The molecule has 0 spiro atoms. The second-order valence-electron chi connectivity index (χ2n) is 5.88. The highest BCUT2D eigenvalue weighted by Gasteiger charge is 2.16. The van der Waals surface area contributed by atoms with Crippen molar-refractivity contribution >= 4 is 20.0 Å². The van der Waals surface area contributed by atoms with Gasteiger partial charge in [-0.15, -0.1) is 0 Å². The highest BCUT2D eigenvalue weighted by atomic mass is 32.2. The van der Waals surface area contributed by atoms with Crippen molar-refractivity contribution in [2.24, 2.45) is 0 Å². The largest absolute Gasteiger partial charge is 0.241 e. The molecule has 2 N–H and O–H groups in total. The molecule has 25 heavy (non-hydrogen) atoms. The van der Waals surface area contributed by atoms with Crippen LogP contribution in [0.1, 0.15) is 22.3 Å². The van der Waals surface area contributed by atoms with Crippen LogP contribution < -0.4 is 9.44 Å². The monoisotopic (exact) mass is 382 g/mol. The maximum Gasteiger partial charge on any atom is 0.241 e. The van der Waals surface area contributed by atoms with Crippen molar-refractivity contribution in [3.63, 3.8) is 0 Å². The van der Waals surface area contributed by atoms with Crippen LogP contribution in [0, 0.1) is 13.8 Å². The number of rotatable bonds is 7. The molecule has 0 heterocycles. The fourth-order valence-corrected chi connectivity index (χ4v) is 4.48. The summed E-state index contributed by atoms with van der Waals surface area (Å²) >= 11 is 0. The summed E-state index contributed by atoms with van der Waals surface area (Å²) in [5, 5.41) is 0. The smallest absolute Gasteiger partial charge is 0.218 e. The highest BCUT2D eigenvalue weighted by molar-refractivity contribution is 7.89. The van der Waals surface area contributed by atoms with Gasteiger partial charge in [-0.1, -0.05) is 42.0 Å². The molecule has 0 saturated carbocycles. The quantitative estimate of drug-likeness (QED) is 0.764. The van der Waals surface area contributed by atoms with E-state index in [1.807, 2.05) is 13.0 Å². The van der Waals surface area contributed by atoms with Crippen LogP contribution in [-0.2, 0) is 32.3 Å². The van der Waals surface area contributed by atoms with E-state index < -0.39 is 20.0 Å². The van der Waals surface area contributed by atoms with Crippen molar-refractivity contribution in [2.75, 3.05) is 7.05 Å². The second kappa shape index (κ2) is 7.65. The van der Waals surface area contributed by atoms with Crippen LogP contribution in [0.3, 0.4) is 0 Å². The predicted molar refractivity (Wildman–Crippen MR) is 98.1 cm³/mol. The maximum absolute atomic E-state index is 12.5. The summed E-state index contributed by atoms with van der Waals surface area (Å²) in [6, 6.07) is 12.0. The summed E-state index contributed by atoms with van der Waals surface area (Å²) in [6.07, 6.45) is 0. The summed E-state index contributed by atoms with van der Waals surface area (Å²) in [7, 11) is -5.65. The summed E-state index contributed by atoms with van der Waals surface area (Å²) < 4.78 is 53.0. The zero-order valence-electron chi connectivity index (χ0n) is 14.4. The van der Waals surface area contributed by atoms with Crippen molar-refractivity contribution in [3.05, 3.63) is 64.7 Å². The Bertz CT molecular complexity index is 968. The van der Waals surface area contributed by atoms with Crippen LogP contribution >= 0.6 is 0 Å². The van der Waals surface area contributed by atoms with Crippen molar-refractivity contribution in [3.8, 4) is 0 Å². The average Bonchev–Trinajstić information content (AvgIpc) is 2.53. The lowest BCUT2D eigenvalue weighted by Crippen LogP contribution is -2.24. The van der Waals surface area contributed by atoms with E-state index in [4.69, 9.17) is 0 Å². The van der Waals surface area contributed by atoms with Crippen molar-refractivity contribution in [2.45, 2.75) is 31.0 Å². The molecule has 6 nitrogen and oxygen atoms in total. The summed E-state index contributed by atoms with van der Waals surface area (Å²) in [6.45, 7) is 3.75. The molecule has 0 saturated heterocycles. The van der Waals surface area contributed by atoms with E-state index in [-0.39, 0.29) is 17.2 Å². The molecule has 0 amide bonds. The molecule has 2 rings (SSSR count). The van der Waals surface area contributed by atoms with Crippen molar-refractivity contribution in [1.82, 2.24) is 9.44 Å². The topological polar surface area (TPSA) is 92.3 Å². The zero-order valence-corrected chi connectivity index (χ0v) is 16.0. The summed E-state index contributed by atoms with van der Waals surface area (Å²) in [5.41, 5.74) is 2.96. The lowest BCUT2D eigenvalue weighted by atomic mass is 10.1. The van der Waals surface area contributed by atoms with Gasteiger partial charge in [0.05, 0.1) is 10.6 Å². The molecular formula is C17H22N2O4S2. The molecule has 2 aromatic carbocycles. The van der Waals surface area contributed by atoms with Gasteiger partial charge >= 0.3 is 0 Å². The first-order valence-electron chi connectivity index (χ1n) is 7.69. The number of hydrogen-bond acceptors (Lipinski definition) is 4. The maximum atomic E-state index is 12.5. The van der Waals surface area contributed by atoms with Crippen molar-refractivity contribution < 1.29 is 16.8 Å². The van der Waals surface area contributed by atoms with Gasteiger partial charge in [-0.3, -0.25) is 0 Å². The molecule has 0 aliphatic heterocycles. The Balaban J connectivity index is 2.15. The standard InChI is InChI=1S/C17H22N2O4S2/c1-13-7-8-17(14(2)9-13)25(22,23)19-11-15-5-4-6-16(10-15)12-24(20,21)18-3/h4-10,18-19H,11-12H2,1-3H3. The molecule has 8 heteroatoms. The normalized spacial score (nSPS) is 12.3. The van der Waals surface area contributed by atoms with E-state index in [0.717, 1.165) is 5.56 Å². The van der Waals surface area contributed by atoms with Gasteiger partial charge in [0.15, 0.2) is 0 Å². The van der Waals surface area contributed by atoms with Crippen LogP contribution in [0.15, 0.2) is 47.4 Å². The molecule has 0 aromatic heterocycles. The first-order valence-corrected chi connectivity index (χ1v) is 10.8. The first-order chi connectivity index (χ1) is 11.6. The lowest BCUT2D eigenvalue weighted by Gasteiger charge is -2.11. The number of nitrogens with one attached hydrogen (secondary N) is 2. The molecule has 0 radical (unpaired) electrons. The van der Waals surface area contributed by atoms with Crippen LogP contribution in [0.5, 0.6) is 0 Å². The second-order valence-corrected chi connectivity index (χ2v) is 9.54. The Morgan fingerprint density at radius 2 is 1.60 bits per heavy atom. The van der Waals surface area contributed by atoms with Gasteiger partial charge in [0.2, 0.25) is 20.0 Å². The molecule has 2 aromatic rings. The Hall–Kier alpha value is -1.74.